The number of hydrogen-bond acceptors (Lipinski definition) is 3. The van der Waals surface area contributed by atoms with Crippen LogP contribution >= 0.6 is 0 Å². The van der Waals surface area contributed by atoms with Crippen molar-refractivity contribution < 1.29 is 13.9 Å². The summed E-state index contributed by atoms with van der Waals surface area (Å²) in [7, 11) is 0. The zero-order chi connectivity index (χ0) is 18.4. The predicted octanol–water partition coefficient (Wildman–Crippen LogP) is 3.33. The number of amides is 2. The minimum Gasteiger partial charge on any atom is -0.378 e. The van der Waals surface area contributed by atoms with Crippen LogP contribution in [0.4, 0.5) is 20.6 Å². The average Bonchev–Trinajstić information content (AvgIpc) is 2.64. The standard InChI is InChI=1S/C20H24FN3O2/c1-15-13-18(24-9-11-26-12-10-24)5-6-19(15)23-20(25)22-8-7-16-3-2-4-17(21)14-16/h2-6,13-14H,7-12H2,1H3,(H2,22,23,25). The Morgan fingerprint density at radius 3 is 2.73 bits per heavy atom. The van der Waals surface area contributed by atoms with E-state index in [0.29, 0.717) is 13.0 Å². The summed E-state index contributed by atoms with van der Waals surface area (Å²) in [5, 5.41) is 5.68. The molecular formula is C20H24FN3O2. The number of benzene rings is 2. The molecule has 0 atom stereocenters. The average molecular weight is 357 g/mol. The lowest BCUT2D eigenvalue weighted by Gasteiger charge is -2.29. The highest BCUT2D eigenvalue weighted by atomic mass is 19.1. The molecule has 6 heteroatoms. The first kappa shape index (κ1) is 18.2. The van der Waals surface area contributed by atoms with E-state index in [1.165, 1.54) is 12.1 Å². The first-order chi connectivity index (χ1) is 12.6. The predicted molar refractivity (Wildman–Crippen MR) is 101 cm³/mol. The molecule has 1 saturated heterocycles. The van der Waals surface area contributed by atoms with Crippen molar-refractivity contribution in [3.63, 3.8) is 0 Å². The van der Waals surface area contributed by atoms with Gasteiger partial charge >= 0.3 is 6.03 Å². The van der Waals surface area contributed by atoms with Crippen LogP contribution < -0.4 is 15.5 Å². The van der Waals surface area contributed by atoms with E-state index in [2.05, 4.69) is 21.6 Å². The molecule has 0 unspecified atom stereocenters. The maximum atomic E-state index is 13.1. The Bertz CT molecular complexity index is 760. The highest BCUT2D eigenvalue weighted by Gasteiger charge is 2.12. The SMILES string of the molecule is Cc1cc(N2CCOCC2)ccc1NC(=O)NCCc1cccc(F)c1. The van der Waals surface area contributed by atoms with E-state index in [0.717, 1.165) is 48.8 Å². The summed E-state index contributed by atoms with van der Waals surface area (Å²) in [5.74, 6) is -0.261. The van der Waals surface area contributed by atoms with Crippen LogP contribution in [0.15, 0.2) is 42.5 Å². The Morgan fingerprint density at radius 2 is 2.00 bits per heavy atom. The van der Waals surface area contributed by atoms with Crippen LogP contribution in [0.25, 0.3) is 0 Å². The van der Waals surface area contributed by atoms with Gasteiger partial charge in [-0.25, -0.2) is 9.18 Å². The molecule has 3 rings (SSSR count). The highest BCUT2D eigenvalue weighted by molar-refractivity contribution is 5.90. The number of nitrogens with one attached hydrogen (secondary N) is 2. The topological polar surface area (TPSA) is 53.6 Å². The number of nitrogens with zero attached hydrogens (tertiary/aromatic N) is 1. The van der Waals surface area contributed by atoms with Gasteiger partial charge in [-0.05, 0) is 54.8 Å². The van der Waals surface area contributed by atoms with E-state index in [1.54, 1.807) is 6.07 Å². The van der Waals surface area contributed by atoms with E-state index in [1.807, 2.05) is 25.1 Å². The van der Waals surface area contributed by atoms with Gasteiger partial charge in [-0.1, -0.05) is 12.1 Å². The molecule has 0 radical (unpaired) electrons. The van der Waals surface area contributed by atoms with Crippen molar-refractivity contribution >= 4 is 17.4 Å². The van der Waals surface area contributed by atoms with Crippen LogP contribution in [0.5, 0.6) is 0 Å². The van der Waals surface area contributed by atoms with Crippen molar-refractivity contribution in [1.82, 2.24) is 5.32 Å². The van der Waals surface area contributed by atoms with Gasteiger partial charge in [0.1, 0.15) is 5.82 Å². The second kappa shape index (κ2) is 8.67. The fourth-order valence-corrected chi connectivity index (χ4v) is 2.99. The molecule has 0 bridgehead atoms. The van der Waals surface area contributed by atoms with Crippen LogP contribution in [0.1, 0.15) is 11.1 Å². The third kappa shape index (κ3) is 4.95. The molecule has 2 aromatic rings. The number of halogens is 1. The smallest absolute Gasteiger partial charge is 0.319 e. The lowest BCUT2D eigenvalue weighted by Crippen LogP contribution is -2.36. The van der Waals surface area contributed by atoms with Gasteiger partial charge in [0.25, 0.3) is 0 Å². The van der Waals surface area contributed by atoms with Crippen LogP contribution in [-0.4, -0.2) is 38.9 Å². The van der Waals surface area contributed by atoms with Crippen molar-refractivity contribution in [2.24, 2.45) is 0 Å². The summed E-state index contributed by atoms with van der Waals surface area (Å²) >= 11 is 0. The largest absolute Gasteiger partial charge is 0.378 e. The molecule has 0 saturated carbocycles. The van der Waals surface area contributed by atoms with E-state index < -0.39 is 0 Å². The van der Waals surface area contributed by atoms with Gasteiger partial charge in [0.2, 0.25) is 0 Å². The Balaban J connectivity index is 1.50. The number of anilines is 2. The molecule has 5 nitrogen and oxygen atoms in total. The monoisotopic (exact) mass is 357 g/mol. The van der Waals surface area contributed by atoms with Crippen LogP contribution in [0.3, 0.4) is 0 Å². The van der Waals surface area contributed by atoms with Gasteiger partial charge < -0.3 is 20.3 Å². The van der Waals surface area contributed by atoms with Crippen molar-refractivity contribution in [3.8, 4) is 0 Å². The van der Waals surface area contributed by atoms with Crippen LogP contribution in [-0.2, 0) is 11.2 Å². The van der Waals surface area contributed by atoms with Crippen molar-refractivity contribution in [2.45, 2.75) is 13.3 Å². The summed E-state index contributed by atoms with van der Waals surface area (Å²) < 4.78 is 18.5. The third-order valence-corrected chi connectivity index (χ3v) is 4.42. The first-order valence-electron chi connectivity index (χ1n) is 8.84. The van der Waals surface area contributed by atoms with Gasteiger partial charge in [0.05, 0.1) is 13.2 Å². The maximum absolute atomic E-state index is 13.1. The Kier molecular flexibility index (Phi) is 6.07. The maximum Gasteiger partial charge on any atom is 0.319 e. The molecule has 0 aliphatic carbocycles. The van der Waals surface area contributed by atoms with Gasteiger partial charge in [-0.2, -0.15) is 0 Å². The summed E-state index contributed by atoms with van der Waals surface area (Å²) in [6, 6.07) is 12.2. The normalized spacial score (nSPS) is 14.2. The second-order valence-electron chi connectivity index (χ2n) is 6.36. The second-order valence-corrected chi connectivity index (χ2v) is 6.36. The molecule has 1 heterocycles. The Labute approximate surface area is 153 Å². The number of aryl methyl sites for hydroxylation is 1. The number of morpholine rings is 1. The zero-order valence-corrected chi connectivity index (χ0v) is 14.9. The molecule has 1 fully saturated rings. The molecule has 26 heavy (non-hydrogen) atoms. The van der Waals surface area contributed by atoms with Crippen molar-refractivity contribution in [2.75, 3.05) is 43.1 Å². The van der Waals surface area contributed by atoms with E-state index in [4.69, 9.17) is 4.74 Å². The molecular weight excluding hydrogens is 333 g/mol. The van der Waals surface area contributed by atoms with Crippen molar-refractivity contribution in [1.29, 1.82) is 0 Å². The van der Waals surface area contributed by atoms with E-state index in [-0.39, 0.29) is 11.8 Å². The van der Waals surface area contributed by atoms with Crippen LogP contribution in [0, 0.1) is 12.7 Å². The van der Waals surface area contributed by atoms with Crippen molar-refractivity contribution in [3.05, 3.63) is 59.4 Å². The molecule has 2 N–H and O–H groups in total. The minimum absolute atomic E-state index is 0.261. The fraction of sp³-hybridized carbons (Fsp3) is 0.350. The van der Waals surface area contributed by atoms with E-state index in [9.17, 15) is 9.18 Å². The molecule has 2 amide bonds. The number of carbonyl (C=O) groups is 1. The number of hydrogen-bond donors (Lipinski definition) is 2. The zero-order valence-electron chi connectivity index (χ0n) is 14.9. The molecule has 1 aliphatic heterocycles. The fourth-order valence-electron chi connectivity index (χ4n) is 2.99. The number of ether oxygens (including phenoxy) is 1. The van der Waals surface area contributed by atoms with Crippen LogP contribution in [0.2, 0.25) is 0 Å². The summed E-state index contributed by atoms with van der Waals surface area (Å²) in [6.45, 7) is 5.67. The Hall–Kier alpha value is -2.60. The summed E-state index contributed by atoms with van der Waals surface area (Å²) in [5.41, 5.74) is 3.79. The lowest BCUT2D eigenvalue weighted by atomic mass is 10.1. The van der Waals surface area contributed by atoms with Gasteiger partial charge in [0, 0.05) is 31.0 Å². The highest BCUT2D eigenvalue weighted by Crippen LogP contribution is 2.23. The molecule has 0 spiro atoms. The number of urea groups is 1. The molecule has 0 aromatic heterocycles. The van der Waals surface area contributed by atoms with Gasteiger partial charge in [-0.15, -0.1) is 0 Å². The lowest BCUT2D eigenvalue weighted by molar-refractivity contribution is 0.122. The summed E-state index contributed by atoms with van der Waals surface area (Å²) in [4.78, 5) is 14.4. The van der Waals surface area contributed by atoms with Gasteiger partial charge in [-0.3, -0.25) is 0 Å². The van der Waals surface area contributed by atoms with E-state index >= 15 is 0 Å². The van der Waals surface area contributed by atoms with Gasteiger partial charge in [0.15, 0.2) is 0 Å². The molecule has 1 aliphatic rings. The molecule has 2 aromatic carbocycles. The Morgan fingerprint density at radius 1 is 1.19 bits per heavy atom. The first-order valence-corrected chi connectivity index (χ1v) is 8.84. The quantitative estimate of drug-likeness (QED) is 0.863. The minimum atomic E-state index is -0.261. The number of rotatable bonds is 5. The molecule has 138 valence electrons. The summed E-state index contributed by atoms with van der Waals surface area (Å²) in [6.07, 6.45) is 0.583. The number of carbonyl (C=O) groups excluding carboxylic acids is 1. The third-order valence-electron chi connectivity index (χ3n) is 4.42.